The highest BCUT2D eigenvalue weighted by molar-refractivity contribution is 5.78. The molecule has 2 heterocycles. The van der Waals surface area contributed by atoms with E-state index in [2.05, 4.69) is 15.2 Å². The normalized spacial score (nSPS) is 20.0. The van der Waals surface area contributed by atoms with Crippen molar-refractivity contribution in [2.24, 2.45) is 5.92 Å². The quantitative estimate of drug-likeness (QED) is 0.791. The standard InChI is InChI=1S/C10H16N4O2/c1-7-11-9(13-12-7)5-14(2)10(15)8-3-4-16-6-8/h8H,3-6H2,1-2H3,(H,11,12,13). The second-order valence-corrected chi connectivity index (χ2v) is 4.09. The fraction of sp³-hybridized carbons (Fsp3) is 0.700. The Balaban J connectivity index is 1.91. The number of ether oxygens (including phenoxy) is 1. The van der Waals surface area contributed by atoms with Crippen molar-refractivity contribution in [3.63, 3.8) is 0 Å². The summed E-state index contributed by atoms with van der Waals surface area (Å²) >= 11 is 0. The molecule has 1 unspecified atom stereocenters. The highest BCUT2D eigenvalue weighted by Crippen LogP contribution is 2.15. The van der Waals surface area contributed by atoms with Crippen molar-refractivity contribution in [3.8, 4) is 0 Å². The van der Waals surface area contributed by atoms with Crippen molar-refractivity contribution >= 4 is 5.91 Å². The number of nitrogens with zero attached hydrogens (tertiary/aromatic N) is 3. The van der Waals surface area contributed by atoms with E-state index in [1.54, 1.807) is 11.9 Å². The Labute approximate surface area is 94.0 Å². The summed E-state index contributed by atoms with van der Waals surface area (Å²) in [6.07, 6.45) is 0.816. The van der Waals surface area contributed by atoms with E-state index in [0.717, 1.165) is 12.2 Å². The number of hydrogen-bond acceptors (Lipinski definition) is 4. The van der Waals surface area contributed by atoms with Gasteiger partial charge in [-0.2, -0.15) is 5.10 Å². The van der Waals surface area contributed by atoms with Crippen molar-refractivity contribution < 1.29 is 9.53 Å². The monoisotopic (exact) mass is 224 g/mol. The van der Waals surface area contributed by atoms with Crippen molar-refractivity contribution in [1.82, 2.24) is 20.1 Å². The van der Waals surface area contributed by atoms with Gasteiger partial charge in [-0.25, -0.2) is 4.98 Å². The van der Waals surface area contributed by atoms with E-state index in [0.29, 0.717) is 25.6 Å². The molecule has 0 spiro atoms. The van der Waals surface area contributed by atoms with Gasteiger partial charge in [0.15, 0.2) is 5.82 Å². The van der Waals surface area contributed by atoms with E-state index < -0.39 is 0 Å². The molecule has 0 radical (unpaired) electrons. The lowest BCUT2D eigenvalue weighted by Gasteiger charge is -2.18. The van der Waals surface area contributed by atoms with Gasteiger partial charge in [-0.3, -0.25) is 9.89 Å². The van der Waals surface area contributed by atoms with E-state index in [1.165, 1.54) is 0 Å². The van der Waals surface area contributed by atoms with Crippen LogP contribution in [-0.2, 0) is 16.1 Å². The third-order valence-electron chi connectivity index (χ3n) is 2.68. The number of aryl methyl sites for hydroxylation is 1. The summed E-state index contributed by atoms with van der Waals surface area (Å²) in [5.74, 6) is 1.53. The third-order valence-corrected chi connectivity index (χ3v) is 2.68. The first kappa shape index (κ1) is 11.1. The Morgan fingerprint density at radius 3 is 3.06 bits per heavy atom. The molecule has 1 aromatic heterocycles. The number of nitrogens with one attached hydrogen (secondary N) is 1. The number of H-pyrrole nitrogens is 1. The Morgan fingerprint density at radius 1 is 1.69 bits per heavy atom. The second kappa shape index (κ2) is 4.61. The Morgan fingerprint density at radius 2 is 2.50 bits per heavy atom. The number of aromatic amines is 1. The molecular formula is C10H16N4O2. The fourth-order valence-electron chi connectivity index (χ4n) is 1.79. The predicted octanol–water partition coefficient (Wildman–Crippen LogP) is 0.108. The molecule has 1 aromatic rings. The van der Waals surface area contributed by atoms with Crippen molar-refractivity contribution in [2.45, 2.75) is 19.9 Å². The van der Waals surface area contributed by atoms with Crippen LogP contribution in [0.5, 0.6) is 0 Å². The summed E-state index contributed by atoms with van der Waals surface area (Å²) in [5, 5.41) is 6.76. The van der Waals surface area contributed by atoms with Gasteiger partial charge in [-0.15, -0.1) is 0 Å². The van der Waals surface area contributed by atoms with E-state index in [1.807, 2.05) is 6.92 Å². The van der Waals surface area contributed by atoms with E-state index in [9.17, 15) is 4.79 Å². The van der Waals surface area contributed by atoms with Crippen LogP contribution in [0.1, 0.15) is 18.1 Å². The summed E-state index contributed by atoms with van der Waals surface area (Å²) in [7, 11) is 1.77. The van der Waals surface area contributed by atoms with Crippen molar-refractivity contribution in [1.29, 1.82) is 0 Å². The van der Waals surface area contributed by atoms with Crippen LogP contribution in [0.4, 0.5) is 0 Å². The van der Waals surface area contributed by atoms with Gasteiger partial charge in [0.05, 0.1) is 19.1 Å². The van der Waals surface area contributed by atoms with Gasteiger partial charge in [-0.1, -0.05) is 0 Å². The molecule has 1 fully saturated rings. The zero-order valence-electron chi connectivity index (χ0n) is 9.56. The van der Waals surface area contributed by atoms with Crippen LogP contribution < -0.4 is 0 Å². The Hall–Kier alpha value is -1.43. The lowest BCUT2D eigenvalue weighted by molar-refractivity contribution is -0.134. The molecule has 1 N–H and O–H groups in total. The summed E-state index contributed by atoms with van der Waals surface area (Å²) in [6.45, 7) is 3.50. The average molecular weight is 224 g/mol. The number of amides is 1. The van der Waals surface area contributed by atoms with Crippen LogP contribution in [0, 0.1) is 12.8 Å². The van der Waals surface area contributed by atoms with Gasteiger partial charge in [0.25, 0.3) is 0 Å². The van der Waals surface area contributed by atoms with Crippen LogP contribution in [0.15, 0.2) is 0 Å². The maximum Gasteiger partial charge on any atom is 0.228 e. The van der Waals surface area contributed by atoms with Gasteiger partial charge in [0.1, 0.15) is 5.82 Å². The molecule has 1 atom stereocenters. The molecule has 2 rings (SSSR count). The molecule has 88 valence electrons. The zero-order chi connectivity index (χ0) is 11.5. The first-order valence-electron chi connectivity index (χ1n) is 5.37. The topological polar surface area (TPSA) is 71.1 Å². The highest BCUT2D eigenvalue weighted by atomic mass is 16.5. The molecule has 6 nitrogen and oxygen atoms in total. The molecular weight excluding hydrogens is 208 g/mol. The molecule has 0 aromatic carbocycles. The minimum atomic E-state index is 0.00467. The van der Waals surface area contributed by atoms with Crippen LogP contribution in [0.25, 0.3) is 0 Å². The summed E-state index contributed by atoms with van der Waals surface area (Å²) in [4.78, 5) is 17.8. The first-order chi connectivity index (χ1) is 7.66. The molecule has 1 saturated heterocycles. The number of aromatic nitrogens is 3. The van der Waals surface area contributed by atoms with E-state index in [-0.39, 0.29) is 11.8 Å². The molecule has 0 bridgehead atoms. The van der Waals surface area contributed by atoms with Gasteiger partial charge in [0.2, 0.25) is 5.91 Å². The van der Waals surface area contributed by atoms with Gasteiger partial charge >= 0.3 is 0 Å². The maximum absolute atomic E-state index is 11.9. The van der Waals surface area contributed by atoms with Crippen LogP contribution in [-0.4, -0.2) is 46.2 Å². The smallest absolute Gasteiger partial charge is 0.228 e. The minimum Gasteiger partial charge on any atom is -0.381 e. The van der Waals surface area contributed by atoms with E-state index >= 15 is 0 Å². The van der Waals surface area contributed by atoms with Crippen LogP contribution in [0.3, 0.4) is 0 Å². The predicted molar refractivity (Wildman–Crippen MR) is 56.5 cm³/mol. The minimum absolute atomic E-state index is 0.00467. The first-order valence-corrected chi connectivity index (χ1v) is 5.37. The fourth-order valence-corrected chi connectivity index (χ4v) is 1.79. The number of hydrogen-bond donors (Lipinski definition) is 1. The lowest BCUT2D eigenvalue weighted by Crippen LogP contribution is -2.33. The molecule has 1 aliphatic heterocycles. The summed E-state index contributed by atoms with van der Waals surface area (Å²) in [5.41, 5.74) is 0. The van der Waals surface area contributed by atoms with Gasteiger partial charge in [0, 0.05) is 13.7 Å². The summed E-state index contributed by atoms with van der Waals surface area (Å²) < 4.78 is 5.20. The molecule has 0 aliphatic carbocycles. The largest absolute Gasteiger partial charge is 0.381 e. The number of rotatable bonds is 3. The van der Waals surface area contributed by atoms with Crippen molar-refractivity contribution in [2.75, 3.05) is 20.3 Å². The molecule has 0 saturated carbocycles. The molecule has 1 aliphatic rings. The lowest BCUT2D eigenvalue weighted by atomic mass is 10.1. The van der Waals surface area contributed by atoms with E-state index in [4.69, 9.17) is 4.74 Å². The van der Waals surface area contributed by atoms with Crippen LogP contribution in [0.2, 0.25) is 0 Å². The maximum atomic E-state index is 11.9. The second-order valence-electron chi connectivity index (χ2n) is 4.09. The third kappa shape index (κ3) is 2.38. The zero-order valence-corrected chi connectivity index (χ0v) is 9.56. The number of carbonyl (C=O) groups is 1. The van der Waals surface area contributed by atoms with Gasteiger partial charge in [-0.05, 0) is 13.3 Å². The van der Waals surface area contributed by atoms with Crippen LogP contribution >= 0.6 is 0 Å². The highest BCUT2D eigenvalue weighted by Gasteiger charge is 2.26. The van der Waals surface area contributed by atoms with Crippen molar-refractivity contribution in [3.05, 3.63) is 11.6 Å². The molecule has 6 heteroatoms. The Kier molecular flexibility index (Phi) is 3.19. The van der Waals surface area contributed by atoms with Gasteiger partial charge < -0.3 is 9.64 Å². The summed E-state index contributed by atoms with van der Waals surface area (Å²) in [6, 6.07) is 0. The number of carbonyl (C=O) groups excluding carboxylic acids is 1. The molecule has 16 heavy (non-hydrogen) atoms. The average Bonchev–Trinajstić information content (AvgIpc) is 2.88. The SMILES string of the molecule is Cc1nc(CN(C)C(=O)C2CCOC2)n[nH]1. The Bertz CT molecular complexity index is 371. The molecule has 1 amide bonds.